The number of hydrogen-bond donors (Lipinski definition) is 1. The number of anilines is 1. The SMILES string of the molecule is CCC(C)Sc1nnc(NC(=O)COc2ccc3c(c2)OCO3)s1. The van der Waals surface area contributed by atoms with E-state index in [1.54, 1.807) is 30.0 Å². The Hall–Kier alpha value is -2.00. The molecule has 0 spiro atoms. The molecule has 0 saturated heterocycles. The van der Waals surface area contributed by atoms with E-state index in [9.17, 15) is 4.79 Å². The van der Waals surface area contributed by atoms with Gasteiger partial charge in [-0.25, -0.2) is 0 Å². The Morgan fingerprint density at radius 3 is 3.08 bits per heavy atom. The normalized spacial score (nSPS) is 13.6. The minimum Gasteiger partial charge on any atom is -0.484 e. The molecule has 9 heteroatoms. The molecule has 0 radical (unpaired) electrons. The minimum absolute atomic E-state index is 0.118. The maximum Gasteiger partial charge on any atom is 0.264 e. The molecule has 0 bridgehead atoms. The van der Waals surface area contributed by atoms with Gasteiger partial charge in [0.2, 0.25) is 11.9 Å². The molecule has 1 amide bonds. The molecule has 1 aromatic heterocycles. The van der Waals surface area contributed by atoms with Gasteiger partial charge in [-0.1, -0.05) is 36.9 Å². The summed E-state index contributed by atoms with van der Waals surface area (Å²) < 4.78 is 16.8. The predicted molar refractivity (Wildman–Crippen MR) is 92.2 cm³/mol. The van der Waals surface area contributed by atoms with Gasteiger partial charge in [0.25, 0.3) is 5.91 Å². The molecule has 1 N–H and O–H groups in total. The molecule has 0 saturated carbocycles. The number of nitrogens with one attached hydrogen (secondary N) is 1. The summed E-state index contributed by atoms with van der Waals surface area (Å²) in [6, 6.07) is 5.17. The first-order chi connectivity index (χ1) is 11.6. The second kappa shape index (κ2) is 7.71. The van der Waals surface area contributed by atoms with Crippen molar-refractivity contribution in [2.75, 3.05) is 18.7 Å². The number of thioether (sulfide) groups is 1. The van der Waals surface area contributed by atoms with Crippen LogP contribution in [0.5, 0.6) is 17.2 Å². The van der Waals surface area contributed by atoms with Crippen LogP contribution in [-0.2, 0) is 4.79 Å². The van der Waals surface area contributed by atoms with Gasteiger partial charge in [-0.3, -0.25) is 10.1 Å². The molecule has 3 rings (SSSR count). The standard InChI is InChI=1S/C15H17N3O4S2/c1-3-9(2)23-15-18-17-14(24-15)16-13(19)7-20-10-4-5-11-12(6-10)22-8-21-11/h4-6,9H,3,7-8H2,1-2H3,(H,16,17,19). The zero-order valence-corrected chi connectivity index (χ0v) is 14.9. The topological polar surface area (TPSA) is 82.6 Å². The summed E-state index contributed by atoms with van der Waals surface area (Å²) >= 11 is 3.01. The Balaban J connectivity index is 1.49. The fraction of sp³-hybridized carbons (Fsp3) is 0.400. The van der Waals surface area contributed by atoms with Gasteiger partial charge >= 0.3 is 0 Å². The van der Waals surface area contributed by atoms with E-state index in [0.717, 1.165) is 10.8 Å². The highest BCUT2D eigenvalue weighted by atomic mass is 32.2. The van der Waals surface area contributed by atoms with E-state index in [4.69, 9.17) is 14.2 Å². The fourth-order valence-corrected chi connectivity index (χ4v) is 3.85. The maximum absolute atomic E-state index is 11.9. The van der Waals surface area contributed by atoms with Crippen molar-refractivity contribution >= 4 is 34.1 Å². The molecule has 0 aliphatic carbocycles. The van der Waals surface area contributed by atoms with E-state index in [1.165, 1.54) is 11.3 Å². The number of carbonyl (C=O) groups is 1. The molecule has 1 aliphatic rings. The van der Waals surface area contributed by atoms with Gasteiger partial charge < -0.3 is 14.2 Å². The quantitative estimate of drug-likeness (QED) is 0.594. The molecular weight excluding hydrogens is 350 g/mol. The molecule has 7 nitrogen and oxygen atoms in total. The highest BCUT2D eigenvalue weighted by Gasteiger charge is 2.15. The Labute approximate surface area is 147 Å². The summed E-state index contributed by atoms with van der Waals surface area (Å²) in [6.07, 6.45) is 1.05. The van der Waals surface area contributed by atoms with Crippen molar-refractivity contribution in [3.63, 3.8) is 0 Å². The lowest BCUT2D eigenvalue weighted by Gasteiger charge is -2.06. The third kappa shape index (κ3) is 4.30. The van der Waals surface area contributed by atoms with Gasteiger partial charge in [-0.2, -0.15) is 0 Å². The Kier molecular flexibility index (Phi) is 5.41. The first-order valence-corrected chi connectivity index (χ1v) is 9.16. The van der Waals surface area contributed by atoms with E-state index in [1.807, 2.05) is 0 Å². The number of rotatable bonds is 7. The zero-order valence-electron chi connectivity index (χ0n) is 13.3. The summed E-state index contributed by atoms with van der Waals surface area (Å²) in [7, 11) is 0. The highest BCUT2D eigenvalue weighted by molar-refractivity contribution is 8.01. The summed E-state index contributed by atoms with van der Waals surface area (Å²) in [5.41, 5.74) is 0. The molecule has 1 unspecified atom stereocenters. The van der Waals surface area contributed by atoms with Crippen LogP contribution >= 0.6 is 23.1 Å². The lowest BCUT2D eigenvalue weighted by atomic mass is 10.3. The molecular formula is C15H17N3O4S2. The number of carbonyl (C=O) groups excluding carboxylic acids is 1. The Morgan fingerprint density at radius 1 is 1.42 bits per heavy atom. The number of benzene rings is 1. The van der Waals surface area contributed by atoms with Gasteiger partial charge in [-0.05, 0) is 18.6 Å². The summed E-state index contributed by atoms with van der Waals surface area (Å²) in [5.74, 6) is 1.54. The number of ether oxygens (including phenoxy) is 3. The predicted octanol–water partition coefficient (Wildman–Crippen LogP) is 3.17. The van der Waals surface area contributed by atoms with Gasteiger partial charge in [0.1, 0.15) is 5.75 Å². The van der Waals surface area contributed by atoms with Crippen LogP contribution < -0.4 is 19.5 Å². The number of nitrogens with zero attached hydrogens (tertiary/aromatic N) is 2. The van der Waals surface area contributed by atoms with Gasteiger partial charge in [0.15, 0.2) is 22.4 Å². The molecule has 128 valence electrons. The Morgan fingerprint density at radius 2 is 2.25 bits per heavy atom. The van der Waals surface area contributed by atoms with Crippen LogP contribution in [0.2, 0.25) is 0 Å². The van der Waals surface area contributed by atoms with Crippen LogP contribution in [0.1, 0.15) is 20.3 Å². The van der Waals surface area contributed by atoms with E-state index >= 15 is 0 Å². The zero-order chi connectivity index (χ0) is 16.9. The molecule has 1 aliphatic heterocycles. The van der Waals surface area contributed by atoms with Crippen molar-refractivity contribution in [1.29, 1.82) is 0 Å². The molecule has 1 aromatic carbocycles. The molecule has 1 atom stereocenters. The Bertz CT molecular complexity index is 722. The first-order valence-electron chi connectivity index (χ1n) is 7.46. The van der Waals surface area contributed by atoms with Crippen LogP contribution in [0.4, 0.5) is 5.13 Å². The van der Waals surface area contributed by atoms with Gasteiger partial charge in [0, 0.05) is 11.3 Å². The van der Waals surface area contributed by atoms with Crippen molar-refractivity contribution in [2.24, 2.45) is 0 Å². The van der Waals surface area contributed by atoms with Crippen LogP contribution in [0.15, 0.2) is 22.5 Å². The fourth-order valence-electron chi connectivity index (χ4n) is 1.83. The van der Waals surface area contributed by atoms with E-state index in [0.29, 0.717) is 27.6 Å². The van der Waals surface area contributed by atoms with Crippen molar-refractivity contribution < 1.29 is 19.0 Å². The summed E-state index contributed by atoms with van der Waals surface area (Å²) in [5, 5.41) is 11.7. The second-order valence-corrected chi connectivity index (χ2v) is 7.72. The second-order valence-electron chi connectivity index (χ2n) is 5.06. The number of aromatic nitrogens is 2. The largest absolute Gasteiger partial charge is 0.484 e. The first kappa shape index (κ1) is 16.8. The van der Waals surface area contributed by atoms with E-state index in [2.05, 4.69) is 29.4 Å². The van der Waals surface area contributed by atoms with Gasteiger partial charge in [-0.15, -0.1) is 10.2 Å². The van der Waals surface area contributed by atoms with Crippen LogP contribution in [0.25, 0.3) is 0 Å². The lowest BCUT2D eigenvalue weighted by molar-refractivity contribution is -0.118. The van der Waals surface area contributed by atoms with E-state index in [-0.39, 0.29) is 19.3 Å². The maximum atomic E-state index is 11.9. The molecule has 0 fully saturated rings. The average Bonchev–Trinajstić information content (AvgIpc) is 3.21. The summed E-state index contributed by atoms with van der Waals surface area (Å²) in [4.78, 5) is 11.9. The van der Waals surface area contributed by atoms with Crippen LogP contribution in [-0.4, -0.2) is 34.8 Å². The van der Waals surface area contributed by atoms with Crippen LogP contribution in [0.3, 0.4) is 0 Å². The lowest BCUT2D eigenvalue weighted by Crippen LogP contribution is -2.20. The highest BCUT2D eigenvalue weighted by Crippen LogP contribution is 2.35. The molecule has 24 heavy (non-hydrogen) atoms. The smallest absolute Gasteiger partial charge is 0.264 e. The third-order valence-electron chi connectivity index (χ3n) is 3.24. The van der Waals surface area contributed by atoms with E-state index < -0.39 is 0 Å². The number of amides is 1. The number of fused-ring (bicyclic) bond motifs is 1. The van der Waals surface area contributed by atoms with Crippen molar-refractivity contribution in [3.05, 3.63) is 18.2 Å². The minimum atomic E-state index is -0.288. The average molecular weight is 367 g/mol. The molecule has 2 heterocycles. The van der Waals surface area contributed by atoms with Crippen molar-refractivity contribution in [2.45, 2.75) is 29.9 Å². The van der Waals surface area contributed by atoms with Crippen LogP contribution in [0, 0.1) is 0 Å². The van der Waals surface area contributed by atoms with Gasteiger partial charge in [0.05, 0.1) is 0 Å². The molecule has 2 aromatic rings. The van der Waals surface area contributed by atoms with Crippen molar-refractivity contribution in [3.8, 4) is 17.2 Å². The van der Waals surface area contributed by atoms with Crippen molar-refractivity contribution in [1.82, 2.24) is 10.2 Å². The monoisotopic (exact) mass is 367 g/mol. The number of hydrogen-bond acceptors (Lipinski definition) is 8. The third-order valence-corrected chi connectivity index (χ3v) is 5.43. The summed E-state index contributed by atoms with van der Waals surface area (Å²) in [6.45, 7) is 4.33.